The minimum atomic E-state index is -4.92. The van der Waals surface area contributed by atoms with E-state index in [4.69, 9.17) is 9.47 Å². The lowest BCUT2D eigenvalue weighted by Crippen LogP contribution is -2.50. The number of alkyl halides is 3. The quantitative estimate of drug-likeness (QED) is 0.299. The van der Waals surface area contributed by atoms with E-state index in [0.717, 1.165) is 12.1 Å². The lowest BCUT2D eigenvalue weighted by Gasteiger charge is -2.36. The van der Waals surface area contributed by atoms with Gasteiger partial charge in [-0.15, -0.1) is 0 Å². The Hall–Kier alpha value is -3.05. The number of ether oxygens (including phenoxy) is 2. The van der Waals surface area contributed by atoms with Gasteiger partial charge in [0.1, 0.15) is 17.3 Å². The van der Waals surface area contributed by atoms with Gasteiger partial charge < -0.3 is 19.7 Å². The van der Waals surface area contributed by atoms with Crippen LogP contribution in [0.25, 0.3) is 0 Å². The van der Waals surface area contributed by atoms with Crippen LogP contribution in [0.3, 0.4) is 0 Å². The predicted octanol–water partition coefficient (Wildman–Crippen LogP) is 3.63. The molecule has 12 heteroatoms. The average Bonchev–Trinajstić information content (AvgIpc) is 3.13. The van der Waals surface area contributed by atoms with Gasteiger partial charge >= 0.3 is 18.4 Å². The summed E-state index contributed by atoms with van der Waals surface area (Å²) in [6.07, 6.45) is -5.15. The molecule has 2 aliphatic rings. The van der Waals surface area contributed by atoms with E-state index in [1.165, 1.54) is 11.8 Å². The molecule has 1 N–H and O–H groups in total. The third kappa shape index (κ3) is 5.53. The molecule has 0 radical (unpaired) electrons. The fourth-order valence-corrected chi connectivity index (χ4v) is 4.00. The molecule has 0 aliphatic carbocycles. The Morgan fingerprint density at radius 2 is 1.82 bits per heavy atom. The summed E-state index contributed by atoms with van der Waals surface area (Å²) in [6, 6.07) is 1.29. The van der Waals surface area contributed by atoms with Gasteiger partial charge in [0, 0.05) is 25.2 Å². The minimum Gasteiger partial charge on any atom is -0.465 e. The Balaban J connectivity index is 1.87. The SMILES string of the molecule is CCOC(=O)C1CN(C(F)(F)F)c2cc(N3CCC(NC(=O)OC(C)(C)C)C3)c(F)cc2C1=O. The normalized spacial score (nSPS) is 20.8. The van der Waals surface area contributed by atoms with Crippen LogP contribution in [-0.4, -0.2) is 62.0 Å². The van der Waals surface area contributed by atoms with Crippen molar-refractivity contribution in [3.63, 3.8) is 0 Å². The number of nitrogens with zero attached hydrogens (tertiary/aromatic N) is 2. The van der Waals surface area contributed by atoms with Crippen molar-refractivity contribution in [1.29, 1.82) is 0 Å². The highest BCUT2D eigenvalue weighted by Gasteiger charge is 2.48. The number of anilines is 2. The van der Waals surface area contributed by atoms with Crippen molar-refractivity contribution in [2.75, 3.05) is 36.0 Å². The average molecular weight is 489 g/mol. The number of nitrogens with one attached hydrogen (secondary N) is 1. The number of hydrogen-bond donors (Lipinski definition) is 1. The van der Waals surface area contributed by atoms with Crippen LogP contribution in [0, 0.1) is 11.7 Å². The summed E-state index contributed by atoms with van der Waals surface area (Å²) in [7, 11) is 0. The van der Waals surface area contributed by atoms with E-state index in [0.29, 0.717) is 6.42 Å². The van der Waals surface area contributed by atoms with Gasteiger partial charge in [-0.2, -0.15) is 13.2 Å². The molecule has 1 aromatic carbocycles. The van der Waals surface area contributed by atoms with Crippen LogP contribution in [0.4, 0.5) is 33.7 Å². The number of ketones is 1. The van der Waals surface area contributed by atoms with Gasteiger partial charge in [0.05, 0.1) is 24.0 Å². The number of halogens is 4. The molecule has 8 nitrogen and oxygen atoms in total. The van der Waals surface area contributed by atoms with Gasteiger partial charge in [0.25, 0.3) is 0 Å². The Morgan fingerprint density at radius 1 is 1.15 bits per heavy atom. The van der Waals surface area contributed by atoms with Crippen LogP contribution in [0.1, 0.15) is 44.5 Å². The lowest BCUT2D eigenvalue weighted by atomic mass is 9.90. The first kappa shape index (κ1) is 25.6. The zero-order valence-corrected chi connectivity index (χ0v) is 19.3. The molecule has 0 spiro atoms. The maximum atomic E-state index is 15.0. The smallest absolute Gasteiger partial charge is 0.465 e. The van der Waals surface area contributed by atoms with E-state index in [1.807, 2.05) is 0 Å². The number of rotatable bonds is 4. The van der Waals surface area contributed by atoms with Gasteiger partial charge in [0.15, 0.2) is 5.78 Å². The van der Waals surface area contributed by atoms with Crippen molar-refractivity contribution in [2.45, 2.75) is 52.1 Å². The summed E-state index contributed by atoms with van der Waals surface area (Å²) in [5.74, 6) is -4.64. The highest BCUT2D eigenvalue weighted by Crippen LogP contribution is 2.41. The van der Waals surface area contributed by atoms with E-state index in [2.05, 4.69) is 5.32 Å². The number of carbonyl (C=O) groups excluding carboxylic acids is 3. The van der Waals surface area contributed by atoms with Gasteiger partial charge in [-0.3, -0.25) is 14.5 Å². The number of Topliss-reactive ketones (excluding diaryl/α,β-unsaturated/α-hetero) is 1. The highest BCUT2D eigenvalue weighted by atomic mass is 19.4. The van der Waals surface area contributed by atoms with E-state index in [-0.39, 0.29) is 30.3 Å². The van der Waals surface area contributed by atoms with Crippen LogP contribution < -0.4 is 15.1 Å². The Bertz CT molecular complexity index is 977. The number of esters is 1. The lowest BCUT2D eigenvalue weighted by molar-refractivity contribution is -0.149. The third-order valence-electron chi connectivity index (χ3n) is 5.43. The van der Waals surface area contributed by atoms with Gasteiger partial charge in [-0.25, -0.2) is 9.18 Å². The molecule has 2 unspecified atom stereocenters. The van der Waals surface area contributed by atoms with Crippen LogP contribution in [0.15, 0.2) is 12.1 Å². The predicted molar refractivity (Wildman–Crippen MR) is 114 cm³/mol. The first-order chi connectivity index (χ1) is 15.7. The number of alkyl carbamates (subject to hydrolysis) is 1. The van der Waals surface area contributed by atoms with E-state index in [1.54, 1.807) is 20.8 Å². The number of hydrogen-bond acceptors (Lipinski definition) is 7. The first-order valence-corrected chi connectivity index (χ1v) is 10.8. The van der Waals surface area contributed by atoms with Crippen molar-refractivity contribution in [1.82, 2.24) is 5.32 Å². The van der Waals surface area contributed by atoms with Crippen molar-refractivity contribution >= 4 is 29.2 Å². The number of benzene rings is 1. The molecule has 188 valence electrons. The topological polar surface area (TPSA) is 88.2 Å². The summed E-state index contributed by atoms with van der Waals surface area (Å²) < 4.78 is 66.4. The molecule has 2 aliphatic heterocycles. The minimum absolute atomic E-state index is 0.0409. The summed E-state index contributed by atoms with van der Waals surface area (Å²) in [6.45, 7) is 5.92. The molecule has 0 aromatic heterocycles. The molecular weight excluding hydrogens is 462 g/mol. The second kappa shape index (κ2) is 9.30. The summed E-state index contributed by atoms with van der Waals surface area (Å²) in [5, 5.41) is 2.67. The molecule has 1 fully saturated rings. The van der Waals surface area contributed by atoms with Crippen LogP contribution >= 0.6 is 0 Å². The van der Waals surface area contributed by atoms with Gasteiger partial charge in [-0.05, 0) is 46.2 Å². The van der Waals surface area contributed by atoms with Gasteiger partial charge in [-0.1, -0.05) is 0 Å². The van der Waals surface area contributed by atoms with Gasteiger partial charge in [0.2, 0.25) is 0 Å². The van der Waals surface area contributed by atoms with Crippen molar-refractivity contribution < 1.29 is 41.4 Å². The third-order valence-corrected chi connectivity index (χ3v) is 5.43. The molecule has 1 amide bonds. The van der Waals surface area contributed by atoms with Crippen LogP contribution in [-0.2, 0) is 14.3 Å². The Morgan fingerprint density at radius 3 is 2.41 bits per heavy atom. The zero-order chi connectivity index (χ0) is 25.4. The summed E-state index contributed by atoms with van der Waals surface area (Å²) in [4.78, 5) is 38.3. The zero-order valence-electron chi connectivity index (χ0n) is 19.3. The molecule has 1 saturated heterocycles. The van der Waals surface area contributed by atoms with Crippen molar-refractivity contribution in [2.24, 2.45) is 5.92 Å². The molecule has 3 rings (SSSR count). The van der Waals surface area contributed by atoms with Crippen LogP contribution in [0.2, 0.25) is 0 Å². The molecule has 34 heavy (non-hydrogen) atoms. The maximum Gasteiger partial charge on any atom is 0.484 e. The number of carbonyl (C=O) groups is 3. The largest absolute Gasteiger partial charge is 0.484 e. The Kier molecular flexibility index (Phi) is 6.99. The van der Waals surface area contributed by atoms with Crippen molar-refractivity contribution in [3.05, 3.63) is 23.5 Å². The summed E-state index contributed by atoms with van der Waals surface area (Å²) >= 11 is 0. The van der Waals surface area contributed by atoms with Crippen molar-refractivity contribution in [3.8, 4) is 0 Å². The number of fused-ring (bicyclic) bond motifs is 1. The van der Waals surface area contributed by atoms with E-state index in [9.17, 15) is 31.9 Å². The molecule has 1 aromatic rings. The first-order valence-electron chi connectivity index (χ1n) is 10.8. The second-order valence-electron chi connectivity index (χ2n) is 9.15. The molecule has 0 saturated carbocycles. The molecular formula is C22H27F4N3O5. The highest BCUT2D eigenvalue weighted by molar-refractivity contribution is 6.14. The second-order valence-corrected chi connectivity index (χ2v) is 9.15. The monoisotopic (exact) mass is 489 g/mol. The number of amides is 1. The Labute approximate surface area is 194 Å². The van der Waals surface area contributed by atoms with E-state index >= 15 is 0 Å². The standard InChI is InChI=1S/C22H27F4N3O5/c1-5-33-19(31)14-11-29(22(24,25)26)16-9-17(15(23)8-13(16)18(14)30)28-7-6-12(10-28)27-20(32)34-21(2,3)4/h8-9,12,14H,5-7,10-11H2,1-4H3,(H,27,32). The molecule has 2 heterocycles. The fourth-order valence-electron chi connectivity index (χ4n) is 4.00. The molecule has 0 bridgehead atoms. The van der Waals surface area contributed by atoms with Crippen LogP contribution in [0.5, 0.6) is 0 Å². The maximum absolute atomic E-state index is 15.0. The molecule has 2 atom stereocenters. The van der Waals surface area contributed by atoms with E-state index < -0.39 is 65.3 Å². The fraction of sp³-hybridized carbons (Fsp3) is 0.591. The summed E-state index contributed by atoms with van der Waals surface area (Å²) in [5.41, 5.74) is -1.91.